The zero-order valence-corrected chi connectivity index (χ0v) is 12.1. The summed E-state index contributed by atoms with van der Waals surface area (Å²) in [6.07, 6.45) is 0. The zero-order chi connectivity index (χ0) is 15.5. The first-order chi connectivity index (χ1) is 9.94. The second-order valence-electron chi connectivity index (χ2n) is 4.21. The number of amides is 1. The Hall–Kier alpha value is -2.54. The highest BCUT2D eigenvalue weighted by Crippen LogP contribution is 2.22. The van der Waals surface area contributed by atoms with E-state index in [1.54, 1.807) is 18.2 Å². The Morgan fingerprint density at radius 3 is 2.43 bits per heavy atom. The monoisotopic (exact) mass is 306 g/mol. The van der Waals surface area contributed by atoms with Crippen LogP contribution in [0.2, 0.25) is 0 Å². The summed E-state index contributed by atoms with van der Waals surface area (Å²) in [7, 11) is -2.56. The average Bonchev–Trinajstić information content (AvgIpc) is 2.47. The highest BCUT2D eigenvalue weighted by atomic mass is 32.2. The van der Waals surface area contributed by atoms with Crippen LogP contribution < -0.4 is 15.2 Å². The average molecular weight is 306 g/mol. The van der Waals surface area contributed by atoms with E-state index in [2.05, 4.69) is 0 Å². The van der Waals surface area contributed by atoms with Gasteiger partial charge in [-0.05, 0) is 24.3 Å². The summed E-state index contributed by atoms with van der Waals surface area (Å²) in [6, 6.07) is 12.0. The molecular formula is C14H14N2O4S. The predicted molar refractivity (Wildman–Crippen MR) is 78.5 cm³/mol. The summed E-state index contributed by atoms with van der Waals surface area (Å²) in [4.78, 5) is 12.1. The number of methoxy groups -OCH3 is 1. The first-order valence-electron chi connectivity index (χ1n) is 6.00. The quantitative estimate of drug-likeness (QED) is 0.832. The molecule has 3 N–H and O–H groups in total. The van der Waals surface area contributed by atoms with E-state index in [4.69, 9.17) is 10.5 Å². The third kappa shape index (κ3) is 3.32. The molecule has 0 aliphatic heterocycles. The molecule has 0 fully saturated rings. The summed E-state index contributed by atoms with van der Waals surface area (Å²) < 4.78 is 31.2. The van der Waals surface area contributed by atoms with E-state index in [-0.39, 0.29) is 16.2 Å². The molecule has 7 heteroatoms. The normalized spacial score (nSPS) is 10.9. The van der Waals surface area contributed by atoms with Crippen LogP contribution in [0.25, 0.3) is 0 Å². The SMILES string of the molecule is COc1cc(N)ccc1C(=O)NS(=O)(=O)c1ccccc1. The lowest BCUT2D eigenvalue weighted by atomic mass is 10.2. The van der Waals surface area contributed by atoms with E-state index >= 15 is 0 Å². The Morgan fingerprint density at radius 1 is 1.14 bits per heavy atom. The molecule has 0 saturated heterocycles. The molecule has 0 saturated carbocycles. The van der Waals surface area contributed by atoms with Gasteiger partial charge in [0.2, 0.25) is 0 Å². The van der Waals surface area contributed by atoms with Gasteiger partial charge < -0.3 is 10.5 Å². The van der Waals surface area contributed by atoms with E-state index in [0.717, 1.165) is 0 Å². The molecule has 2 rings (SSSR count). The van der Waals surface area contributed by atoms with E-state index < -0.39 is 15.9 Å². The number of hydrogen-bond acceptors (Lipinski definition) is 5. The summed E-state index contributed by atoms with van der Waals surface area (Å²) >= 11 is 0. The van der Waals surface area contributed by atoms with E-state index in [0.29, 0.717) is 5.69 Å². The van der Waals surface area contributed by atoms with Gasteiger partial charge in [-0.2, -0.15) is 0 Å². The van der Waals surface area contributed by atoms with Crippen LogP contribution in [0.4, 0.5) is 5.69 Å². The van der Waals surface area contributed by atoms with Crippen molar-refractivity contribution in [3.05, 3.63) is 54.1 Å². The lowest BCUT2D eigenvalue weighted by molar-refractivity contribution is 0.0978. The third-order valence-corrected chi connectivity index (χ3v) is 4.10. The molecule has 0 bridgehead atoms. The number of rotatable bonds is 4. The van der Waals surface area contributed by atoms with Crippen molar-refractivity contribution in [2.75, 3.05) is 12.8 Å². The molecule has 0 aliphatic carbocycles. The van der Waals surface area contributed by atoms with Gasteiger partial charge in [0.15, 0.2) is 0 Å². The third-order valence-electron chi connectivity index (χ3n) is 2.75. The molecule has 110 valence electrons. The number of sulfonamides is 1. The van der Waals surface area contributed by atoms with Crippen molar-refractivity contribution in [1.29, 1.82) is 0 Å². The maximum Gasteiger partial charge on any atom is 0.268 e. The van der Waals surface area contributed by atoms with Crippen molar-refractivity contribution < 1.29 is 17.9 Å². The van der Waals surface area contributed by atoms with Crippen molar-refractivity contribution in [2.24, 2.45) is 0 Å². The molecule has 21 heavy (non-hydrogen) atoms. The van der Waals surface area contributed by atoms with Gasteiger partial charge in [-0.25, -0.2) is 13.1 Å². The molecule has 0 atom stereocenters. The second kappa shape index (κ2) is 5.84. The molecule has 0 heterocycles. The van der Waals surface area contributed by atoms with Crippen LogP contribution in [-0.2, 0) is 10.0 Å². The Kier molecular flexibility index (Phi) is 4.13. The first kappa shape index (κ1) is 14.9. The number of carbonyl (C=O) groups is 1. The van der Waals surface area contributed by atoms with Crippen molar-refractivity contribution in [1.82, 2.24) is 4.72 Å². The number of nitrogen functional groups attached to an aromatic ring is 1. The number of anilines is 1. The second-order valence-corrected chi connectivity index (χ2v) is 5.89. The smallest absolute Gasteiger partial charge is 0.268 e. The number of ether oxygens (including phenoxy) is 1. The Morgan fingerprint density at radius 2 is 1.81 bits per heavy atom. The highest BCUT2D eigenvalue weighted by Gasteiger charge is 2.20. The molecule has 1 amide bonds. The van der Waals surface area contributed by atoms with Gasteiger partial charge in [0, 0.05) is 11.8 Å². The maximum atomic E-state index is 12.1. The van der Waals surface area contributed by atoms with Gasteiger partial charge in [0.1, 0.15) is 5.75 Å². The Balaban J connectivity index is 2.30. The minimum absolute atomic E-state index is 0.00719. The van der Waals surface area contributed by atoms with Gasteiger partial charge in [-0.1, -0.05) is 18.2 Å². The van der Waals surface area contributed by atoms with Gasteiger partial charge in [-0.3, -0.25) is 4.79 Å². The molecule has 0 spiro atoms. The van der Waals surface area contributed by atoms with Crippen molar-refractivity contribution in [2.45, 2.75) is 4.90 Å². The van der Waals surface area contributed by atoms with Crippen LogP contribution in [0, 0.1) is 0 Å². The van der Waals surface area contributed by atoms with Crippen LogP contribution in [0.3, 0.4) is 0 Å². The minimum Gasteiger partial charge on any atom is -0.496 e. The summed E-state index contributed by atoms with van der Waals surface area (Å²) in [5.41, 5.74) is 6.09. The molecule has 0 unspecified atom stereocenters. The van der Waals surface area contributed by atoms with E-state index in [9.17, 15) is 13.2 Å². The number of carbonyl (C=O) groups excluding carboxylic acids is 1. The lowest BCUT2D eigenvalue weighted by Crippen LogP contribution is -2.30. The Bertz CT molecular complexity index is 758. The van der Waals surface area contributed by atoms with Crippen molar-refractivity contribution >= 4 is 21.6 Å². The van der Waals surface area contributed by atoms with E-state index in [1.165, 1.54) is 37.4 Å². The van der Waals surface area contributed by atoms with Crippen molar-refractivity contribution in [3.8, 4) is 5.75 Å². The molecule has 0 aromatic heterocycles. The zero-order valence-electron chi connectivity index (χ0n) is 11.2. The van der Waals surface area contributed by atoms with Crippen LogP contribution in [0.1, 0.15) is 10.4 Å². The van der Waals surface area contributed by atoms with Crippen LogP contribution in [0.5, 0.6) is 5.75 Å². The standard InChI is InChI=1S/C14H14N2O4S/c1-20-13-9-10(15)7-8-12(13)14(17)16-21(18,19)11-5-3-2-4-6-11/h2-9H,15H2,1H3,(H,16,17). The van der Waals surface area contributed by atoms with Gasteiger partial charge in [0.25, 0.3) is 15.9 Å². The van der Waals surface area contributed by atoms with Crippen LogP contribution in [0.15, 0.2) is 53.4 Å². The lowest BCUT2D eigenvalue weighted by Gasteiger charge is -2.10. The summed E-state index contributed by atoms with van der Waals surface area (Å²) in [5, 5.41) is 0. The van der Waals surface area contributed by atoms with Crippen molar-refractivity contribution in [3.63, 3.8) is 0 Å². The predicted octanol–water partition coefficient (Wildman–Crippen LogP) is 1.40. The first-order valence-corrected chi connectivity index (χ1v) is 7.48. The summed E-state index contributed by atoms with van der Waals surface area (Å²) in [5.74, 6) is -0.577. The molecule has 0 aliphatic rings. The number of hydrogen-bond donors (Lipinski definition) is 2. The van der Waals surface area contributed by atoms with Gasteiger partial charge >= 0.3 is 0 Å². The Labute approximate surface area is 122 Å². The van der Waals surface area contributed by atoms with Crippen LogP contribution in [-0.4, -0.2) is 21.4 Å². The largest absolute Gasteiger partial charge is 0.496 e. The molecule has 2 aromatic rings. The summed E-state index contributed by atoms with van der Waals surface area (Å²) in [6.45, 7) is 0. The molecule has 6 nitrogen and oxygen atoms in total. The minimum atomic E-state index is -3.93. The number of nitrogens with two attached hydrogens (primary N) is 1. The topological polar surface area (TPSA) is 98.5 Å². The fourth-order valence-corrected chi connectivity index (χ4v) is 2.72. The van der Waals surface area contributed by atoms with Gasteiger partial charge in [0.05, 0.1) is 17.6 Å². The molecule has 0 radical (unpaired) electrons. The number of nitrogens with one attached hydrogen (secondary N) is 1. The maximum absolute atomic E-state index is 12.1. The highest BCUT2D eigenvalue weighted by molar-refractivity contribution is 7.90. The molecular weight excluding hydrogens is 292 g/mol. The fraction of sp³-hybridized carbons (Fsp3) is 0.0714. The number of benzene rings is 2. The fourth-order valence-electron chi connectivity index (χ4n) is 1.73. The van der Waals surface area contributed by atoms with Gasteiger partial charge in [-0.15, -0.1) is 0 Å². The van der Waals surface area contributed by atoms with E-state index in [1.807, 2.05) is 4.72 Å². The van der Waals surface area contributed by atoms with Crippen LogP contribution >= 0.6 is 0 Å². The molecule has 2 aromatic carbocycles.